The summed E-state index contributed by atoms with van der Waals surface area (Å²) in [5.41, 5.74) is 1.32. The summed E-state index contributed by atoms with van der Waals surface area (Å²) < 4.78 is 25.2. The van der Waals surface area contributed by atoms with Crippen LogP contribution in [0.15, 0.2) is 53.7 Å². The van der Waals surface area contributed by atoms with Crippen LogP contribution in [0.1, 0.15) is 35.7 Å². The summed E-state index contributed by atoms with van der Waals surface area (Å²) in [7, 11) is 0. The van der Waals surface area contributed by atoms with E-state index in [0.29, 0.717) is 12.5 Å². The summed E-state index contributed by atoms with van der Waals surface area (Å²) in [4.78, 5) is 16.3. The first-order chi connectivity index (χ1) is 11.5. The van der Waals surface area contributed by atoms with Gasteiger partial charge in [0.15, 0.2) is 0 Å². The Morgan fingerprint density at radius 3 is 2.50 bits per heavy atom. The number of halogens is 2. The normalized spacial score (nSPS) is 12.4. The van der Waals surface area contributed by atoms with Gasteiger partial charge in [0, 0.05) is 18.7 Å². The SMILES string of the molecule is CC(C)C(CNC(=O)c1cccnc1SC(F)F)c1ccccc1. The monoisotopic (exact) mass is 350 g/mol. The van der Waals surface area contributed by atoms with Gasteiger partial charge in [0.2, 0.25) is 0 Å². The van der Waals surface area contributed by atoms with E-state index in [1.54, 1.807) is 6.07 Å². The van der Waals surface area contributed by atoms with E-state index in [0.717, 1.165) is 5.56 Å². The molecule has 2 rings (SSSR count). The third kappa shape index (κ3) is 5.03. The highest BCUT2D eigenvalue weighted by atomic mass is 32.2. The van der Waals surface area contributed by atoms with E-state index in [1.807, 2.05) is 30.3 Å². The fraction of sp³-hybridized carbons (Fsp3) is 0.333. The van der Waals surface area contributed by atoms with Crippen LogP contribution in [0.5, 0.6) is 0 Å². The van der Waals surface area contributed by atoms with Gasteiger partial charge in [0.25, 0.3) is 11.7 Å². The number of nitrogens with zero attached hydrogens (tertiary/aromatic N) is 1. The molecule has 6 heteroatoms. The minimum atomic E-state index is -2.61. The van der Waals surface area contributed by atoms with Gasteiger partial charge < -0.3 is 5.32 Å². The molecular weight excluding hydrogens is 330 g/mol. The van der Waals surface area contributed by atoms with Gasteiger partial charge in [-0.2, -0.15) is 8.78 Å². The lowest BCUT2D eigenvalue weighted by molar-refractivity contribution is 0.0945. The molecule has 0 radical (unpaired) electrons. The third-order valence-corrected chi connectivity index (χ3v) is 4.46. The highest BCUT2D eigenvalue weighted by Gasteiger charge is 2.20. The molecule has 0 saturated heterocycles. The summed E-state index contributed by atoms with van der Waals surface area (Å²) in [5.74, 6) is -2.51. The molecule has 0 bridgehead atoms. The zero-order valence-electron chi connectivity index (χ0n) is 13.6. The minimum absolute atomic E-state index is 0.0470. The molecular formula is C18H20F2N2OS. The van der Waals surface area contributed by atoms with Gasteiger partial charge in [0.05, 0.1) is 5.56 Å². The second kappa shape index (κ2) is 8.78. The molecule has 3 nitrogen and oxygen atoms in total. The van der Waals surface area contributed by atoms with Crippen LogP contribution in [0.25, 0.3) is 0 Å². The number of hydrogen-bond donors (Lipinski definition) is 1. The van der Waals surface area contributed by atoms with Crippen LogP contribution in [-0.4, -0.2) is 23.2 Å². The molecule has 0 fully saturated rings. The summed E-state index contributed by atoms with van der Waals surface area (Å²) >= 11 is 0.285. The van der Waals surface area contributed by atoms with E-state index in [1.165, 1.54) is 12.3 Å². The zero-order chi connectivity index (χ0) is 17.5. The summed E-state index contributed by atoms with van der Waals surface area (Å²) in [6.45, 7) is 4.62. The van der Waals surface area contributed by atoms with Crippen LogP contribution >= 0.6 is 11.8 Å². The van der Waals surface area contributed by atoms with Crippen LogP contribution in [0.2, 0.25) is 0 Å². The van der Waals surface area contributed by atoms with E-state index in [-0.39, 0.29) is 34.2 Å². The lowest BCUT2D eigenvalue weighted by Gasteiger charge is -2.22. The number of hydrogen-bond acceptors (Lipinski definition) is 3. The Balaban J connectivity index is 2.09. The molecule has 1 amide bonds. The molecule has 128 valence electrons. The standard InChI is InChI=1S/C18H20F2N2OS/c1-12(2)15(13-7-4-3-5-8-13)11-22-16(23)14-9-6-10-21-17(14)24-18(19)20/h3-10,12,15,18H,11H2,1-2H3,(H,22,23). The number of nitrogens with one attached hydrogen (secondary N) is 1. The van der Waals surface area contributed by atoms with Crippen molar-refractivity contribution in [1.82, 2.24) is 10.3 Å². The molecule has 0 spiro atoms. The second-order valence-corrected chi connectivity index (χ2v) is 6.68. The number of carbonyl (C=O) groups excluding carboxylic acids is 1. The summed E-state index contributed by atoms with van der Waals surface area (Å²) in [6.07, 6.45) is 1.41. The van der Waals surface area contributed by atoms with E-state index >= 15 is 0 Å². The number of rotatable bonds is 7. The zero-order valence-corrected chi connectivity index (χ0v) is 14.4. The first-order valence-corrected chi connectivity index (χ1v) is 8.60. The molecule has 2 aromatic rings. The van der Waals surface area contributed by atoms with Crippen LogP contribution in [0, 0.1) is 5.92 Å². The Morgan fingerprint density at radius 2 is 1.88 bits per heavy atom. The molecule has 1 aromatic carbocycles. The predicted molar refractivity (Wildman–Crippen MR) is 92.5 cm³/mol. The Bertz CT molecular complexity index is 665. The maximum Gasteiger partial charge on any atom is 0.290 e. The van der Waals surface area contributed by atoms with Gasteiger partial charge in [-0.25, -0.2) is 4.98 Å². The van der Waals surface area contributed by atoms with Crippen LogP contribution < -0.4 is 5.32 Å². The highest BCUT2D eigenvalue weighted by Crippen LogP contribution is 2.27. The van der Waals surface area contributed by atoms with Gasteiger partial charge in [-0.05, 0) is 35.4 Å². The van der Waals surface area contributed by atoms with Crippen LogP contribution in [0.4, 0.5) is 8.78 Å². The van der Waals surface area contributed by atoms with E-state index in [9.17, 15) is 13.6 Å². The number of carbonyl (C=O) groups is 1. The van der Waals surface area contributed by atoms with Gasteiger partial charge >= 0.3 is 0 Å². The fourth-order valence-electron chi connectivity index (χ4n) is 2.48. The summed E-state index contributed by atoms with van der Waals surface area (Å²) in [6, 6.07) is 13.0. The number of pyridine rings is 1. The molecule has 24 heavy (non-hydrogen) atoms. The minimum Gasteiger partial charge on any atom is -0.351 e. The number of aromatic nitrogens is 1. The third-order valence-electron chi connectivity index (χ3n) is 3.73. The average Bonchev–Trinajstić information content (AvgIpc) is 2.55. The molecule has 1 atom stereocenters. The van der Waals surface area contributed by atoms with Gasteiger partial charge in [-0.15, -0.1) is 0 Å². The van der Waals surface area contributed by atoms with Crippen molar-refractivity contribution in [3.05, 3.63) is 59.8 Å². The molecule has 1 heterocycles. The fourth-order valence-corrected chi connectivity index (χ4v) is 3.06. The van der Waals surface area contributed by atoms with Crippen molar-refractivity contribution in [2.45, 2.75) is 30.5 Å². The first-order valence-electron chi connectivity index (χ1n) is 7.72. The van der Waals surface area contributed by atoms with Gasteiger partial charge in [0.1, 0.15) is 5.03 Å². The second-order valence-electron chi connectivity index (χ2n) is 5.71. The molecule has 0 saturated carbocycles. The van der Waals surface area contributed by atoms with Crippen LogP contribution in [0.3, 0.4) is 0 Å². The largest absolute Gasteiger partial charge is 0.351 e. The topological polar surface area (TPSA) is 42.0 Å². The molecule has 1 N–H and O–H groups in total. The molecule has 1 aromatic heterocycles. The number of thioether (sulfide) groups is 1. The van der Waals surface area contributed by atoms with Crippen molar-refractivity contribution in [3.63, 3.8) is 0 Å². The quantitative estimate of drug-likeness (QED) is 0.744. The van der Waals surface area contributed by atoms with Crippen molar-refractivity contribution in [1.29, 1.82) is 0 Å². The Labute approximate surface area is 144 Å². The average molecular weight is 350 g/mol. The number of benzene rings is 1. The lowest BCUT2D eigenvalue weighted by atomic mass is 9.88. The molecule has 1 unspecified atom stereocenters. The summed E-state index contributed by atoms with van der Waals surface area (Å²) in [5, 5.41) is 2.90. The maximum atomic E-state index is 12.6. The first kappa shape index (κ1) is 18.4. The molecule has 0 aliphatic rings. The lowest BCUT2D eigenvalue weighted by Crippen LogP contribution is -2.30. The van der Waals surface area contributed by atoms with Crippen molar-refractivity contribution in [2.75, 3.05) is 6.54 Å². The van der Waals surface area contributed by atoms with E-state index < -0.39 is 5.76 Å². The molecule has 0 aliphatic carbocycles. The Morgan fingerprint density at radius 1 is 1.17 bits per heavy atom. The predicted octanol–water partition coefficient (Wildman–Crippen LogP) is 4.57. The number of amides is 1. The number of alkyl halides is 2. The maximum absolute atomic E-state index is 12.6. The Kier molecular flexibility index (Phi) is 6.73. The van der Waals surface area contributed by atoms with Crippen LogP contribution in [-0.2, 0) is 0 Å². The smallest absolute Gasteiger partial charge is 0.290 e. The van der Waals surface area contributed by atoms with Crippen molar-refractivity contribution in [2.24, 2.45) is 5.92 Å². The Hall–Kier alpha value is -1.95. The van der Waals surface area contributed by atoms with E-state index in [2.05, 4.69) is 24.1 Å². The highest BCUT2D eigenvalue weighted by molar-refractivity contribution is 7.99. The van der Waals surface area contributed by atoms with Crippen molar-refractivity contribution >= 4 is 17.7 Å². The van der Waals surface area contributed by atoms with Gasteiger partial charge in [-0.1, -0.05) is 44.2 Å². The van der Waals surface area contributed by atoms with Gasteiger partial charge in [-0.3, -0.25) is 4.79 Å². The van der Waals surface area contributed by atoms with E-state index in [4.69, 9.17) is 0 Å². The molecule has 0 aliphatic heterocycles. The van der Waals surface area contributed by atoms with Crippen molar-refractivity contribution in [3.8, 4) is 0 Å². The van der Waals surface area contributed by atoms with Crippen molar-refractivity contribution < 1.29 is 13.6 Å².